The van der Waals surface area contributed by atoms with Gasteiger partial charge in [-0.05, 0) is 32.0 Å². The van der Waals surface area contributed by atoms with Crippen LogP contribution in [0, 0.1) is 0 Å². The number of hydrogen-bond acceptors (Lipinski definition) is 6. The number of sulfonamides is 1. The van der Waals surface area contributed by atoms with Gasteiger partial charge in [0.25, 0.3) is 0 Å². The zero-order valence-electron chi connectivity index (χ0n) is 12.4. The fourth-order valence-corrected chi connectivity index (χ4v) is 3.59. The van der Waals surface area contributed by atoms with Crippen molar-refractivity contribution in [2.45, 2.75) is 29.2 Å². The molecule has 120 valence electrons. The predicted molar refractivity (Wildman–Crippen MR) is 79.6 cm³/mol. The van der Waals surface area contributed by atoms with E-state index < -0.39 is 25.4 Å². The lowest BCUT2D eigenvalue weighted by molar-refractivity contribution is 0.401. The molecule has 0 atom stereocenters. The monoisotopic (exact) mass is 336 g/mol. The molecule has 0 heterocycles. The maximum atomic E-state index is 12.3. The van der Waals surface area contributed by atoms with E-state index >= 15 is 0 Å². The number of rotatable bonds is 6. The molecular formula is C12H20N2O5S2. The summed E-state index contributed by atoms with van der Waals surface area (Å²) in [4.78, 5) is -0.340. The second kappa shape index (κ2) is 5.91. The number of nitrogens with two attached hydrogens (primary N) is 1. The van der Waals surface area contributed by atoms with E-state index in [9.17, 15) is 16.8 Å². The Morgan fingerprint density at radius 3 is 2.24 bits per heavy atom. The molecule has 21 heavy (non-hydrogen) atoms. The van der Waals surface area contributed by atoms with Crippen LogP contribution in [0.4, 0.5) is 0 Å². The van der Waals surface area contributed by atoms with Gasteiger partial charge in [0.15, 0.2) is 9.84 Å². The van der Waals surface area contributed by atoms with Crippen LogP contribution in [-0.2, 0) is 19.9 Å². The highest BCUT2D eigenvalue weighted by atomic mass is 32.2. The Hall–Kier alpha value is -1.16. The maximum Gasteiger partial charge on any atom is 0.244 e. The summed E-state index contributed by atoms with van der Waals surface area (Å²) in [5.41, 5.74) is 5.00. The third-order valence-electron chi connectivity index (χ3n) is 2.57. The normalized spacial score (nSPS) is 13.2. The summed E-state index contributed by atoms with van der Waals surface area (Å²) in [7, 11) is -6.16. The molecule has 0 saturated carbocycles. The molecule has 0 bridgehead atoms. The van der Waals surface area contributed by atoms with Gasteiger partial charge in [0.05, 0.1) is 12.0 Å². The van der Waals surface area contributed by atoms with Gasteiger partial charge in [-0.1, -0.05) is 0 Å². The highest BCUT2D eigenvalue weighted by Crippen LogP contribution is 2.26. The number of sulfone groups is 1. The van der Waals surface area contributed by atoms with E-state index in [-0.39, 0.29) is 22.1 Å². The van der Waals surface area contributed by atoms with Crippen LogP contribution in [0.25, 0.3) is 0 Å². The summed E-state index contributed by atoms with van der Waals surface area (Å²) >= 11 is 0. The number of hydrogen-bond donors (Lipinski definition) is 2. The average molecular weight is 336 g/mol. The molecule has 0 saturated heterocycles. The molecule has 0 aromatic heterocycles. The van der Waals surface area contributed by atoms with Crippen molar-refractivity contribution in [1.29, 1.82) is 0 Å². The molecular weight excluding hydrogens is 316 g/mol. The van der Waals surface area contributed by atoms with Gasteiger partial charge in [-0.2, -0.15) is 0 Å². The Morgan fingerprint density at radius 1 is 1.24 bits per heavy atom. The van der Waals surface area contributed by atoms with Crippen molar-refractivity contribution in [3.63, 3.8) is 0 Å². The number of ether oxygens (including phenoxy) is 1. The number of methoxy groups -OCH3 is 1. The van der Waals surface area contributed by atoms with Gasteiger partial charge in [0.2, 0.25) is 10.0 Å². The first kappa shape index (κ1) is 17.9. The van der Waals surface area contributed by atoms with Crippen LogP contribution < -0.4 is 15.2 Å². The van der Waals surface area contributed by atoms with Crippen LogP contribution in [0.5, 0.6) is 5.75 Å². The van der Waals surface area contributed by atoms with E-state index in [1.165, 1.54) is 19.2 Å². The van der Waals surface area contributed by atoms with Crippen molar-refractivity contribution in [3.05, 3.63) is 18.2 Å². The Morgan fingerprint density at radius 2 is 1.81 bits per heavy atom. The van der Waals surface area contributed by atoms with Gasteiger partial charge < -0.3 is 10.5 Å². The van der Waals surface area contributed by atoms with Crippen LogP contribution in [-0.4, -0.2) is 42.3 Å². The molecule has 0 amide bonds. The fourth-order valence-electron chi connectivity index (χ4n) is 1.46. The molecule has 1 aromatic rings. The summed E-state index contributed by atoms with van der Waals surface area (Å²) in [5.74, 6) is 0.0599. The Balaban J connectivity index is 3.33. The van der Waals surface area contributed by atoms with E-state index in [4.69, 9.17) is 10.5 Å². The summed E-state index contributed by atoms with van der Waals surface area (Å²) in [5, 5.41) is 0. The smallest absolute Gasteiger partial charge is 0.244 e. The minimum absolute atomic E-state index is 0.00158. The molecule has 0 radical (unpaired) electrons. The van der Waals surface area contributed by atoms with Crippen LogP contribution in [0.15, 0.2) is 28.0 Å². The average Bonchev–Trinajstić information content (AvgIpc) is 2.34. The minimum atomic E-state index is -3.94. The summed E-state index contributed by atoms with van der Waals surface area (Å²) < 4.78 is 55.0. The van der Waals surface area contributed by atoms with E-state index in [0.717, 1.165) is 12.3 Å². The number of nitrogens with one attached hydrogen (secondary N) is 1. The summed E-state index contributed by atoms with van der Waals surface area (Å²) in [6, 6.07) is 3.67. The topological polar surface area (TPSA) is 116 Å². The highest BCUT2D eigenvalue weighted by molar-refractivity contribution is 7.91. The lowest BCUT2D eigenvalue weighted by Crippen LogP contribution is -2.45. The zero-order chi connectivity index (χ0) is 16.5. The molecule has 9 heteroatoms. The van der Waals surface area contributed by atoms with E-state index in [2.05, 4.69) is 4.72 Å². The first-order chi connectivity index (χ1) is 9.37. The summed E-state index contributed by atoms with van der Waals surface area (Å²) in [6.07, 6.45) is 1.00. The second-order valence-electron chi connectivity index (χ2n) is 5.40. The Bertz CT molecular complexity index is 719. The molecule has 0 aliphatic carbocycles. The number of benzene rings is 1. The van der Waals surface area contributed by atoms with Crippen molar-refractivity contribution in [1.82, 2.24) is 4.72 Å². The third kappa shape index (κ3) is 4.95. The molecule has 0 unspecified atom stereocenters. The van der Waals surface area contributed by atoms with Crippen LogP contribution in [0.2, 0.25) is 0 Å². The first-order valence-corrected chi connectivity index (χ1v) is 9.41. The summed E-state index contributed by atoms with van der Waals surface area (Å²) in [6.45, 7) is 3.33. The van der Waals surface area contributed by atoms with E-state index in [1.54, 1.807) is 13.8 Å². The van der Waals surface area contributed by atoms with Crippen molar-refractivity contribution in [3.8, 4) is 5.75 Å². The van der Waals surface area contributed by atoms with Gasteiger partial charge in [-0.3, -0.25) is 0 Å². The van der Waals surface area contributed by atoms with Gasteiger partial charge >= 0.3 is 0 Å². The molecule has 0 spiro atoms. The zero-order valence-corrected chi connectivity index (χ0v) is 14.0. The van der Waals surface area contributed by atoms with Crippen molar-refractivity contribution < 1.29 is 21.6 Å². The van der Waals surface area contributed by atoms with Gasteiger partial charge in [-0.15, -0.1) is 0 Å². The van der Waals surface area contributed by atoms with Crippen molar-refractivity contribution in [2.24, 2.45) is 5.73 Å². The molecule has 1 aromatic carbocycles. The quantitative estimate of drug-likeness (QED) is 0.762. The largest absolute Gasteiger partial charge is 0.495 e. The standard InChI is InChI=1S/C12H20N2O5S2/c1-12(2,13)8-14-21(17,18)11-7-9(20(4,15)16)5-6-10(11)19-3/h5-7,14H,8,13H2,1-4H3. The highest BCUT2D eigenvalue weighted by Gasteiger charge is 2.24. The molecule has 0 fully saturated rings. The predicted octanol–water partition coefficient (Wildman–Crippen LogP) is 0.114. The van der Waals surface area contributed by atoms with Crippen LogP contribution in [0.3, 0.4) is 0 Å². The Labute approximate surface area is 125 Å². The maximum absolute atomic E-state index is 12.3. The lowest BCUT2D eigenvalue weighted by Gasteiger charge is -2.19. The van der Waals surface area contributed by atoms with Crippen LogP contribution in [0.1, 0.15) is 13.8 Å². The lowest BCUT2D eigenvalue weighted by atomic mass is 10.1. The molecule has 0 aliphatic heterocycles. The third-order valence-corrected chi connectivity index (χ3v) is 5.10. The second-order valence-corrected chi connectivity index (χ2v) is 9.15. The van der Waals surface area contributed by atoms with Gasteiger partial charge in [-0.25, -0.2) is 21.6 Å². The van der Waals surface area contributed by atoms with E-state index in [0.29, 0.717) is 0 Å². The molecule has 0 aliphatic rings. The molecule has 1 rings (SSSR count). The van der Waals surface area contributed by atoms with E-state index in [1.807, 2.05) is 0 Å². The first-order valence-electron chi connectivity index (χ1n) is 6.03. The van der Waals surface area contributed by atoms with Gasteiger partial charge in [0, 0.05) is 18.3 Å². The SMILES string of the molecule is COc1ccc(S(C)(=O)=O)cc1S(=O)(=O)NCC(C)(C)N. The van der Waals surface area contributed by atoms with Crippen molar-refractivity contribution >= 4 is 19.9 Å². The van der Waals surface area contributed by atoms with Crippen LogP contribution >= 0.6 is 0 Å². The van der Waals surface area contributed by atoms with Crippen molar-refractivity contribution in [2.75, 3.05) is 19.9 Å². The van der Waals surface area contributed by atoms with Gasteiger partial charge in [0.1, 0.15) is 10.6 Å². The minimum Gasteiger partial charge on any atom is -0.495 e. The molecule has 3 N–H and O–H groups in total. The molecule has 7 nitrogen and oxygen atoms in total. The fraction of sp³-hybridized carbons (Fsp3) is 0.500. The Kier molecular flexibility index (Phi) is 5.04.